The molecule has 1 fully saturated rings. The Morgan fingerprint density at radius 3 is 2.56 bits per heavy atom. The van der Waals surface area contributed by atoms with Crippen LogP contribution < -0.4 is 10.6 Å². The summed E-state index contributed by atoms with van der Waals surface area (Å²) in [7, 11) is 0. The van der Waals surface area contributed by atoms with Crippen molar-refractivity contribution in [3.8, 4) is 0 Å². The molecule has 1 aliphatic heterocycles. The summed E-state index contributed by atoms with van der Waals surface area (Å²) in [6, 6.07) is 3.40. The van der Waals surface area contributed by atoms with E-state index in [0.717, 1.165) is 17.8 Å². The van der Waals surface area contributed by atoms with Crippen LogP contribution in [0.2, 0.25) is 0 Å². The largest absolute Gasteiger partial charge is 0.366 e. The third-order valence-electron chi connectivity index (χ3n) is 3.99. The average molecular weight is 250 g/mol. The minimum absolute atomic E-state index is 0.133. The van der Waals surface area contributed by atoms with Gasteiger partial charge in [-0.05, 0) is 63.8 Å². The molecular weight excluding hydrogens is 227 g/mol. The van der Waals surface area contributed by atoms with E-state index in [1.165, 1.54) is 12.8 Å². The first kappa shape index (κ1) is 13.3. The second-order valence-electron chi connectivity index (χ2n) is 6.02. The molecule has 0 aromatic heterocycles. The molecule has 2 nitrogen and oxygen atoms in total. The zero-order chi connectivity index (χ0) is 13.5. The standard InChI is InChI=1S/C15H23FN2/c1-10-8-14(12(11(2)17)9-13(10)16)18-7-5-6-15(18,3)4/h8-9,11H,5-7,17H2,1-4H3/t11-/m0/s1. The van der Waals surface area contributed by atoms with E-state index in [9.17, 15) is 4.39 Å². The number of nitrogens with two attached hydrogens (primary N) is 1. The van der Waals surface area contributed by atoms with Crippen molar-refractivity contribution in [1.29, 1.82) is 0 Å². The molecule has 1 aliphatic rings. The molecule has 0 aliphatic carbocycles. The maximum Gasteiger partial charge on any atom is 0.126 e. The predicted octanol–water partition coefficient (Wildman–Crippen LogP) is 3.53. The number of nitrogens with zero attached hydrogens (tertiary/aromatic N) is 1. The van der Waals surface area contributed by atoms with Gasteiger partial charge in [0.1, 0.15) is 5.82 Å². The van der Waals surface area contributed by atoms with Gasteiger partial charge in [0.15, 0.2) is 0 Å². The molecule has 0 amide bonds. The summed E-state index contributed by atoms with van der Waals surface area (Å²) in [5.74, 6) is -0.164. The van der Waals surface area contributed by atoms with E-state index in [1.54, 1.807) is 6.07 Å². The van der Waals surface area contributed by atoms with Gasteiger partial charge in [-0.2, -0.15) is 0 Å². The molecule has 0 unspecified atom stereocenters. The van der Waals surface area contributed by atoms with Gasteiger partial charge in [0.2, 0.25) is 0 Å². The van der Waals surface area contributed by atoms with Crippen molar-refractivity contribution < 1.29 is 4.39 Å². The highest BCUT2D eigenvalue weighted by Gasteiger charge is 2.33. The lowest BCUT2D eigenvalue weighted by Gasteiger charge is -2.36. The number of hydrogen-bond acceptors (Lipinski definition) is 2. The van der Waals surface area contributed by atoms with Gasteiger partial charge < -0.3 is 10.6 Å². The van der Waals surface area contributed by atoms with E-state index in [4.69, 9.17) is 5.73 Å². The molecule has 1 aromatic carbocycles. The summed E-state index contributed by atoms with van der Waals surface area (Å²) in [4.78, 5) is 2.37. The summed E-state index contributed by atoms with van der Waals surface area (Å²) < 4.78 is 13.7. The first-order valence-electron chi connectivity index (χ1n) is 6.66. The Morgan fingerprint density at radius 2 is 2.06 bits per heavy atom. The van der Waals surface area contributed by atoms with Crippen LogP contribution in [-0.2, 0) is 0 Å². The van der Waals surface area contributed by atoms with Crippen LogP contribution in [-0.4, -0.2) is 12.1 Å². The lowest BCUT2D eigenvalue weighted by atomic mass is 9.97. The Morgan fingerprint density at radius 1 is 1.39 bits per heavy atom. The Balaban J connectivity index is 2.52. The van der Waals surface area contributed by atoms with Crippen LogP contribution in [0, 0.1) is 12.7 Å². The summed E-state index contributed by atoms with van der Waals surface area (Å²) in [6.45, 7) is 9.23. The lowest BCUT2D eigenvalue weighted by Crippen LogP contribution is -2.39. The average Bonchev–Trinajstić information content (AvgIpc) is 2.61. The molecule has 1 heterocycles. The Labute approximate surface area is 109 Å². The normalized spacial score (nSPS) is 20.2. The van der Waals surface area contributed by atoms with Crippen LogP contribution in [0.3, 0.4) is 0 Å². The molecule has 18 heavy (non-hydrogen) atoms. The second-order valence-corrected chi connectivity index (χ2v) is 6.02. The molecular formula is C15H23FN2. The van der Waals surface area contributed by atoms with Gasteiger partial charge in [-0.3, -0.25) is 0 Å². The van der Waals surface area contributed by atoms with Crippen molar-refractivity contribution >= 4 is 5.69 Å². The molecule has 0 bridgehead atoms. The quantitative estimate of drug-likeness (QED) is 0.870. The molecule has 1 aromatic rings. The summed E-state index contributed by atoms with van der Waals surface area (Å²) >= 11 is 0. The molecule has 0 spiro atoms. The summed E-state index contributed by atoms with van der Waals surface area (Å²) in [5.41, 5.74) is 8.83. The highest BCUT2D eigenvalue weighted by Crippen LogP contribution is 2.38. The van der Waals surface area contributed by atoms with Crippen LogP contribution in [0.25, 0.3) is 0 Å². The number of benzene rings is 1. The minimum Gasteiger partial charge on any atom is -0.366 e. The molecule has 100 valence electrons. The van der Waals surface area contributed by atoms with Crippen LogP contribution >= 0.6 is 0 Å². The fraction of sp³-hybridized carbons (Fsp3) is 0.600. The van der Waals surface area contributed by atoms with Gasteiger partial charge in [-0.25, -0.2) is 4.39 Å². The predicted molar refractivity (Wildman–Crippen MR) is 74.4 cm³/mol. The number of aryl methyl sites for hydroxylation is 1. The van der Waals surface area contributed by atoms with Crippen LogP contribution in [0.4, 0.5) is 10.1 Å². The van der Waals surface area contributed by atoms with Crippen molar-refractivity contribution in [2.75, 3.05) is 11.4 Å². The Kier molecular flexibility index (Phi) is 3.37. The zero-order valence-electron chi connectivity index (χ0n) is 11.8. The van der Waals surface area contributed by atoms with Crippen LogP contribution in [0.1, 0.15) is 50.8 Å². The summed E-state index contributed by atoms with van der Waals surface area (Å²) in [5, 5.41) is 0. The smallest absolute Gasteiger partial charge is 0.126 e. The summed E-state index contributed by atoms with van der Waals surface area (Å²) in [6.07, 6.45) is 2.35. The number of hydrogen-bond donors (Lipinski definition) is 1. The maximum absolute atomic E-state index is 13.7. The first-order valence-corrected chi connectivity index (χ1v) is 6.66. The third kappa shape index (κ3) is 2.24. The van der Waals surface area contributed by atoms with E-state index >= 15 is 0 Å². The van der Waals surface area contributed by atoms with Gasteiger partial charge in [0.05, 0.1) is 0 Å². The lowest BCUT2D eigenvalue weighted by molar-refractivity contribution is 0.514. The van der Waals surface area contributed by atoms with Crippen molar-refractivity contribution in [2.45, 2.75) is 52.1 Å². The van der Waals surface area contributed by atoms with Crippen molar-refractivity contribution in [3.05, 3.63) is 29.1 Å². The van der Waals surface area contributed by atoms with E-state index in [0.29, 0.717) is 5.56 Å². The van der Waals surface area contributed by atoms with E-state index in [1.807, 2.05) is 19.9 Å². The van der Waals surface area contributed by atoms with Gasteiger partial charge in [0.25, 0.3) is 0 Å². The van der Waals surface area contributed by atoms with E-state index in [-0.39, 0.29) is 17.4 Å². The fourth-order valence-corrected chi connectivity index (χ4v) is 2.83. The maximum atomic E-state index is 13.7. The third-order valence-corrected chi connectivity index (χ3v) is 3.99. The molecule has 1 atom stereocenters. The van der Waals surface area contributed by atoms with E-state index < -0.39 is 0 Å². The van der Waals surface area contributed by atoms with Gasteiger partial charge >= 0.3 is 0 Å². The van der Waals surface area contributed by atoms with Gasteiger partial charge in [-0.1, -0.05) is 0 Å². The number of rotatable bonds is 2. The van der Waals surface area contributed by atoms with Crippen LogP contribution in [0.5, 0.6) is 0 Å². The monoisotopic (exact) mass is 250 g/mol. The molecule has 2 rings (SSSR count). The first-order chi connectivity index (χ1) is 8.33. The van der Waals surface area contributed by atoms with Crippen molar-refractivity contribution in [3.63, 3.8) is 0 Å². The zero-order valence-corrected chi connectivity index (χ0v) is 11.8. The molecule has 2 N–H and O–H groups in total. The molecule has 0 saturated carbocycles. The highest BCUT2D eigenvalue weighted by atomic mass is 19.1. The molecule has 0 radical (unpaired) electrons. The Hall–Kier alpha value is -1.09. The fourth-order valence-electron chi connectivity index (χ4n) is 2.83. The van der Waals surface area contributed by atoms with Crippen molar-refractivity contribution in [1.82, 2.24) is 0 Å². The number of anilines is 1. The second kappa shape index (κ2) is 4.54. The molecule has 1 saturated heterocycles. The minimum atomic E-state index is -0.164. The molecule has 3 heteroatoms. The topological polar surface area (TPSA) is 29.3 Å². The van der Waals surface area contributed by atoms with Crippen LogP contribution in [0.15, 0.2) is 12.1 Å². The highest BCUT2D eigenvalue weighted by molar-refractivity contribution is 5.59. The Bertz CT molecular complexity index is 452. The van der Waals surface area contributed by atoms with Gasteiger partial charge in [-0.15, -0.1) is 0 Å². The van der Waals surface area contributed by atoms with E-state index in [2.05, 4.69) is 18.7 Å². The number of halogens is 1. The SMILES string of the molecule is Cc1cc(N2CCCC2(C)C)c([C@H](C)N)cc1F. The van der Waals surface area contributed by atoms with Gasteiger partial charge in [0, 0.05) is 23.8 Å². The van der Waals surface area contributed by atoms with Crippen molar-refractivity contribution in [2.24, 2.45) is 5.73 Å².